The fraction of sp³-hybridized carbons (Fsp3) is 0.667. The molecule has 4 rings (SSSR count). The molecule has 4 heteroatoms. The van der Waals surface area contributed by atoms with Crippen LogP contribution in [0.4, 0.5) is 0 Å². The van der Waals surface area contributed by atoms with Crippen molar-refractivity contribution in [1.82, 2.24) is 0 Å². The number of carbonyl (C=O) groups excluding carboxylic acids is 1. The fourth-order valence-electron chi connectivity index (χ4n) is 4.33. The molecule has 0 radical (unpaired) electrons. The lowest BCUT2D eigenvalue weighted by Gasteiger charge is -2.28. The van der Waals surface area contributed by atoms with E-state index in [1.807, 2.05) is 6.92 Å². The molecule has 2 aliphatic heterocycles. The summed E-state index contributed by atoms with van der Waals surface area (Å²) in [4.78, 5) is 11.8. The van der Waals surface area contributed by atoms with Crippen molar-refractivity contribution < 1.29 is 19.4 Å². The topological polar surface area (TPSA) is 59.1 Å². The van der Waals surface area contributed by atoms with Crippen LogP contribution in [0.3, 0.4) is 0 Å². The first kappa shape index (κ1) is 11.7. The molecule has 0 spiro atoms. The van der Waals surface area contributed by atoms with Crippen LogP contribution in [-0.2, 0) is 14.3 Å². The highest BCUT2D eigenvalue weighted by Crippen LogP contribution is 2.61. The van der Waals surface area contributed by atoms with Crippen molar-refractivity contribution in [2.75, 3.05) is 0 Å². The van der Waals surface area contributed by atoms with Gasteiger partial charge in [-0.05, 0) is 32.3 Å². The number of fused-ring (bicyclic) bond motifs is 5. The van der Waals surface area contributed by atoms with Gasteiger partial charge in [0.15, 0.2) is 0 Å². The molecule has 0 bridgehead atoms. The van der Waals surface area contributed by atoms with Crippen molar-refractivity contribution in [3.05, 3.63) is 23.3 Å². The third-order valence-corrected chi connectivity index (χ3v) is 5.45. The Morgan fingerprint density at radius 1 is 1.47 bits per heavy atom. The predicted molar refractivity (Wildman–Crippen MR) is 67.2 cm³/mol. The van der Waals surface area contributed by atoms with Crippen LogP contribution in [-0.4, -0.2) is 35.0 Å². The number of hydrogen-bond donors (Lipinski definition) is 1. The number of rotatable bonds is 0. The molecule has 6 atom stereocenters. The Kier molecular flexibility index (Phi) is 2.03. The van der Waals surface area contributed by atoms with Crippen LogP contribution in [0.2, 0.25) is 0 Å². The van der Waals surface area contributed by atoms with E-state index in [2.05, 4.69) is 13.5 Å². The molecule has 0 amide bonds. The van der Waals surface area contributed by atoms with Crippen LogP contribution in [0.15, 0.2) is 23.3 Å². The van der Waals surface area contributed by atoms with Crippen molar-refractivity contribution in [3.8, 4) is 0 Å². The van der Waals surface area contributed by atoms with Crippen molar-refractivity contribution in [3.63, 3.8) is 0 Å². The van der Waals surface area contributed by atoms with Gasteiger partial charge < -0.3 is 14.6 Å². The molecule has 1 N–H and O–H groups in total. The Morgan fingerprint density at radius 2 is 2.21 bits per heavy atom. The zero-order valence-electron chi connectivity index (χ0n) is 11.2. The van der Waals surface area contributed by atoms with E-state index in [0.29, 0.717) is 5.57 Å². The van der Waals surface area contributed by atoms with Crippen LogP contribution in [0, 0.1) is 11.8 Å². The standard InChI is InChI=1S/C15H18O4/c1-6-4-5-8-7(2)14(17)18-12(8)10-9(6)11(16)13-15(10,3)19-13/h8,10-13,16H,2,4-5H2,1,3H3/t8-,10-,11?,12-,13+,15-/m0/s1. The van der Waals surface area contributed by atoms with Crippen LogP contribution in [0.25, 0.3) is 0 Å². The van der Waals surface area contributed by atoms with Crippen LogP contribution < -0.4 is 0 Å². The van der Waals surface area contributed by atoms with E-state index in [-0.39, 0.29) is 35.6 Å². The Labute approximate surface area is 112 Å². The summed E-state index contributed by atoms with van der Waals surface area (Å²) in [6.07, 6.45) is 0.881. The van der Waals surface area contributed by atoms with Gasteiger partial charge in [0.1, 0.15) is 23.9 Å². The quantitative estimate of drug-likeness (QED) is 0.310. The molecular weight excluding hydrogens is 244 g/mol. The molecule has 102 valence electrons. The third kappa shape index (κ3) is 1.24. The Morgan fingerprint density at radius 3 is 2.95 bits per heavy atom. The summed E-state index contributed by atoms with van der Waals surface area (Å²) >= 11 is 0. The number of epoxide rings is 1. The lowest BCUT2D eigenvalue weighted by molar-refractivity contribution is -0.141. The average molecular weight is 262 g/mol. The molecule has 4 aliphatic rings. The van der Waals surface area contributed by atoms with E-state index in [0.717, 1.165) is 18.4 Å². The second kappa shape index (κ2) is 3.30. The van der Waals surface area contributed by atoms with Crippen LogP contribution >= 0.6 is 0 Å². The molecule has 0 aromatic rings. The highest BCUT2D eigenvalue weighted by atomic mass is 16.6. The van der Waals surface area contributed by atoms with Gasteiger partial charge in [0.05, 0.1) is 5.92 Å². The largest absolute Gasteiger partial charge is 0.458 e. The van der Waals surface area contributed by atoms with Gasteiger partial charge in [-0.3, -0.25) is 0 Å². The van der Waals surface area contributed by atoms with E-state index in [4.69, 9.17) is 9.47 Å². The number of hydrogen-bond acceptors (Lipinski definition) is 4. The lowest BCUT2D eigenvalue weighted by atomic mass is 9.81. The Hall–Kier alpha value is -1.13. The minimum atomic E-state index is -0.540. The monoisotopic (exact) mass is 262 g/mol. The Balaban J connectivity index is 1.83. The summed E-state index contributed by atoms with van der Waals surface area (Å²) in [5.41, 5.74) is 2.50. The van der Waals surface area contributed by atoms with E-state index in [1.54, 1.807) is 0 Å². The smallest absolute Gasteiger partial charge is 0.334 e. The van der Waals surface area contributed by atoms with Gasteiger partial charge in [0.2, 0.25) is 0 Å². The minimum Gasteiger partial charge on any atom is -0.458 e. The van der Waals surface area contributed by atoms with Gasteiger partial charge in [-0.1, -0.05) is 12.2 Å². The van der Waals surface area contributed by atoms with E-state index < -0.39 is 6.10 Å². The van der Waals surface area contributed by atoms with E-state index in [9.17, 15) is 9.90 Å². The number of carbonyl (C=O) groups is 1. The first-order valence-corrected chi connectivity index (χ1v) is 6.90. The van der Waals surface area contributed by atoms with E-state index >= 15 is 0 Å². The normalized spacial score (nSPS) is 51.4. The van der Waals surface area contributed by atoms with Crippen LogP contribution in [0.1, 0.15) is 26.7 Å². The fourth-order valence-corrected chi connectivity index (χ4v) is 4.33. The maximum absolute atomic E-state index is 11.8. The molecule has 2 heterocycles. The minimum absolute atomic E-state index is 0.0109. The summed E-state index contributed by atoms with van der Waals surface area (Å²) in [5, 5.41) is 10.4. The van der Waals surface area contributed by atoms with Gasteiger partial charge in [-0.15, -0.1) is 0 Å². The lowest BCUT2D eigenvalue weighted by Crippen LogP contribution is -2.35. The van der Waals surface area contributed by atoms with Gasteiger partial charge in [0.25, 0.3) is 0 Å². The van der Waals surface area contributed by atoms with E-state index in [1.165, 1.54) is 5.57 Å². The molecule has 4 nitrogen and oxygen atoms in total. The van der Waals surface area contributed by atoms with Gasteiger partial charge >= 0.3 is 5.97 Å². The maximum Gasteiger partial charge on any atom is 0.334 e. The summed E-state index contributed by atoms with van der Waals surface area (Å²) in [7, 11) is 0. The Bertz CT molecular complexity index is 534. The van der Waals surface area contributed by atoms with Crippen molar-refractivity contribution in [2.45, 2.75) is 50.6 Å². The second-order valence-corrected chi connectivity index (χ2v) is 6.42. The predicted octanol–water partition coefficient (Wildman–Crippen LogP) is 1.34. The molecule has 3 fully saturated rings. The molecular formula is C15H18O4. The SMILES string of the molecule is C=C1C(=O)O[C@H]2[C@H]1CCC(C)=C1C(O)[C@H]3O[C@@]3(C)[C@@H]12. The molecule has 2 aliphatic carbocycles. The summed E-state index contributed by atoms with van der Waals surface area (Å²) in [6.45, 7) is 7.98. The number of esters is 1. The third-order valence-electron chi connectivity index (χ3n) is 5.45. The molecule has 1 saturated carbocycles. The van der Waals surface area contributed by atoms with Crippen LogP contribution in [0.5, 0.6) is 0 Å². The highest BCUT2D eigenvalue weighted by molar-refractivity contribution is 5.91. The van der Waals surface area contributed by atoms with Gasteiger partial charge in [-0.2, -0.15) is 0 Å². The first-order valence-electron chi connectivity index (χ1n) is 6.90. The maximum atomic E-state index is 11.8. The zero-order chi connectivity index (χ0) is 13.5. The highest BCUT2D eigenvalue weighted by Gasteiger charge is 2.72. The number of aliphatic hydroxyl groups is 1. The van der Waals surface area contributed by atoms with Crippen molar-refractivity contribution in [1.29, 1.82) is 0 Å². The van der Waals surface area contributed by atoms with Gasteiger partial charge in [0, 0.05) is 11.5 Å². The first-order chi connectivity index (χ1) is 8.95. The number of aliphatic hydroxyl groups excluding tert-OH is 1. The summed E-state index contributed by atoms with van der Waals surface area (Å²) in [5.74, 6) is -0.226. The van der Waals surface area contributed by atoms with Gasteiger partial charge in [-0.25, -0.2) is 4.79 Å². The molecule has 19 heavy (non-hydrogen) atoms. The van der Waals surface area contributed by atoms with Crippen molar-refractivity contribution in [2.24, 2.45) is 11.8 Å². The molecule has 1 unspecified atom stereocenters. The molecule has 0 aromatic carbocycles. The van der Waals surface area contributed by atoms with Crippen molar-refractivity contribution >= 4 is 5.97 Å². The number of ether oxygens (including phenoxy) is 2. The number of allylic oxidation sites excluding steroid dienone is 1. The summed E-state index contributed by atoms with van der Waals surface area (Å²) in [6, 6.07) is 0. The zero-order valence-corrected chi connectivity index (χ0v) is 11.2. The molecule has 0 aromatic heterocycles. The summed E-state index contributed by atoms with van der Waals surface area (Å²) < 4.78 is 11.3. The molecule has 2 saturated heterocycles. The average Bonchev–Trinajstić information content (AvgIpc) is 2.94. The second-order valence-electron chi connectivity index (χ2n) is 6.42.